The van der Waals surface area contributed by atoms with E-state index in [2.05, 4.69) is 23.7 Å². The maximum absolute atomic E-state index is 14.3. The van der Waals surface area contributed by atoms with Crippen LogP contribution in [0.4, 0.5) is 10.1 Å². The van der Waals surface area contributed by atoms with Gasteiger partial charge in [-0.1, -0.05) is 92.7 Å². The van der Waals surface area contributed by atoms with Crippen molar-refractivity contribution in [3.8, 4) is 22.4 Å². The van der Waals surface area contributed by atoms with Crippen LogP contribution in [0.5, 0.6) is 0 Å². The van der Waals surface area contributed by atoms with Gasteiger partial charge in [0.2, 0.25) is 0 Å². The number of carbonyl (C=O) groups is 1. The van der Waals surface area contributed by atoms with Gasteiger partial charge >= 0.3 is 0 Å². The van der Waals surface area contributed by atoms with Crippen molar-refractivity contribution >= 4 is 11.6 Å². The molecule has 242 valence electrons. The second-order valence-electron chi connectivity index (χ2n) is 12.4. The molecule has 5 aromatic rings. The molecule has 2 heterocycles. The third-order valence-corrected chi connectivity index (χ3v) is 8.68. The van der Waals surface area contributed by atoms with Gasteiger partial charge in [-0.05, 0) is 65.4 Å². The first-order valence-corrected chi connectivity index (χ1v) is 16.3. The molecule has 6 nitrogen and oxygen atoms in total. The Morgan fingerprint density at radius 2 is 1.55 bits per heavy atom. The molecule has 0 bridgehead atoms. The van der Waals surface area contributed by atoms with Gasteiger partial charge in [-0.15, -0.1) is 0 Å². The van der Waals surface area contributed by atoms with E-state index in [0.717, 1.165) is 33.6 Å². The average molecular weight is 633 g/mol. The van der Waals surface area contributed by atoms with Gasteiger partial charge in [-0.25, -0.2) is 4.39 Å². The summed E-state index contributed by atoms with van der Waals surface area (Å²) in [5.74, 6) is -0.577. The van der Waals surface area contributed by atoms with Gasteiger partial charge in [0.25, 0.3) is 5.91 Å². The van der Waals surface area contributed by atoms with Gasteiger partial charge in [-0.2, -0.15) is 0 Å². The number of anilines is 1. The Morgan fingerprint density at radius 3 is 2.19 bits per heavy atom. The molecule has 1 aliphatic heterocycles. The number of hydrogen-bond acceptors (Lipinski definition) is 4. The molecule has 47 heavy (non-hydrogen) atoms. The van der Waals surface area contributed by atoms with E-state index in [1.807, 2.05) is 91.0 Å². The Kier molecular flexibility index (Phi) is 10.3. The number of nitrogens with zero attached hydrogens (tertiary/aromatic N) is 1. The third-order valence-electron chi connectivity index (χ3n) is 8.68. The lowest BCUT2D eigenvalue weighted by Crippen LogP contribution is -2.42. The molecule has 7 heteroatoms. The highest BCUT2D eigenvalue weighted by atomic mass is 19.1. The number of carbonyl (C=O) groups excluding carboxylic acids is 1. The zero-order valence-corrected chi connectivity index (χ0v) is 26.8. The molecule has 6 rings (SSSR count). The summed E-state index contributed by atoms with van der Waals surface area (Å²) in [6.07, 6.45) is -0.316. The summed E-state index contributed by atoms with van der Waals surface area (Å²) < 4.78 is 28.6. The van der Waals surface area contributed by atoms with E-state index in [9.17, 15) is 14.3 Å². The van der Waals surface area contributed by atoms with Crippen LogP contribution in [0.3, 0.4) is 0 Å². The predicted octanol–water partition coefficient (Wildman–Crippen LogP) is 8.46. The fraction of sp³-hybridized carbons (Fsp3) is 0.275. The van der Waals surface area contributed by atoms with E-state index in [0.29, 0.717) is 43.9 Å². The lowest BCUT2D eigenvalue weighted by Gasteiger charge is -2.34. The Balaban J connectivity index is 1.35. The number of nitrogens with one attached hydrogen (secondary N) is 1. The highest BCUT2D eigenvalue weighted by Gasteiger charge is 2.33. The van der Waals surface area contributed by atoms with Crippen LogP contribution in [0.2, 0.25) is 0 Å². The van der Waals surface area contributed by atoms with Gasteiger partial charge in [0.1, 0.15) is 5.82 Å². The summed E-state index contributed by atoms with van der Waals surface area (Å²) in [4.78, 5) is 14.3. The minimum absolute atomic E-state index is 0.0313. The first-order chi connectivity index (χ1) is 22.9. The molecular weight excluding hydrogens is 591 g/mol. The molecule has 3 unspecified atom stereocenters. The summed E-state index contributed by atoms with van der Waals surface area (Å²) in [6.45, 7) is 5.49. The number of aromatic nitrogens is 1. The van der Waals surface area contributed by atoms with E-state index < -0.39 is 12.2 Å². The lowest BCUT2D eigenvalue weighted by atomic mass is 9.94. The SMILES string of the molecule is CC(C)c1c(C(=O)Nc2ccccc2)c(-c2ccccc2)c(-c2ccc(F)cc2)n1CCC1OCC(OCc2ccccc2)CC1O. The van der Waals surface area contributed by atoms with Crippen molar-refractivity contribution in [1.82, 2.24) is 4.57 Å². The quantitative estimate of drug-likeness (QED) is 0.153. The van der Waals surface area contributed by atoms with Gasteiger partial charge in [0.05, 0.1) is 42.8 Å². The number of para-hydroxylation sites is 1. The standard InChI is InChI=1S/C40H41FN2O4/c1-27(2)38-37(40(45)42-32-16-10-5-11-17-32)36(29-14-8-4-9-15-29)39(30-18-20-31(41)21-19-30)43(38)23-22-35-34(44)24-33(26-47-35)46-25-28-12-6-3-7-13-28/h3-21,27,33-35,44H,22-26H2,1-2H3,(H,42,45). The number of benzene rings is 4. The van der Waals surface area contributed by atoms with Crippen molar-refractivity contribution < 1.29 is 23.8 Å². The molecule has 2 N–H and O–H groups in total. The summed E-state index contributed by atoms with van der Waals surface area (Å²) >= 11 is 0. The zero-order valence-electron chi connectivity index (χ0n) is 26.8. The number of ether oxygens (including phenoxy) is 2. The van der Waals surface area contributed by atoms with Crippen molar-refractivity contribution in [2.45, 2.75) is 64.1 Å². The fourth-order valence-corrected chi connectivity index (χ4v) is 6.48. The van der Waals surface area contributed by atoms with Crippen LogP contribution in [0.15, 0.2) is 115 Å². The zero-order chi connectivity index (χ0) is 32.8. The van der Waals surface area contributed by atoms with Gasteiger partial charge in [-0.3, -0.25) is 4.79 Å². The van der Waals surface area contributed by atoms with Crippen LogP contribution in [0.1, 0.15) is 54.2 Å². The first-order valence-electron chi connectivity index (χ1n) is 16.3. The summed E-state index contributed by atoms with van der Waals surface area (Å²) in [7, 11) is 0. The molecule has 1 saturated heterocycles. The van der Waals surface area contributed by atoms with Crippen LogP contribution in [-0.2, 0) is 22.6 Å². The predicted molar refractivity (Wildman–Crippen MR) is 184 cm³/mol. The molecule has 1 fully saturated rings. The fourth-order valence-electron chi connectivity index (χ4n) is 6.48. The Morgan fingerprint density at radius 1 is 0.915 bits per heavy atom. The third kappa shape index (κ3) is 7.54. The second-order valence-corrected chi connectivity index (χ2v) is 12.4. The van der Waals surface area contributed by atoms with Crippen molar-refractivity contribution in [1.29, 1.82) is 0 Å². The second kappa shape index (κ2) is 14.9. The minimum Gasteiger partial charge on any atom is -0.390 e. The van der Waals surface area contributed by atoms with Crippen molar-refractivity contribution in [2.75, 3.05) is 11.9 Å². The molecule has 0 aliphatic carbocycles. The van der Waals surface area contributed by atoms with Crippen LogP contribution in [-0.4, -0.2) is 40.5 Å². The number of hydrogen-bond donors (Lipinski definition) is 2. The van der Waals surface area contributed by atoms with E-state index in [1.165, 1.54) is 12.1 Å². The molecule has 0 spiro atoms. The number of amides is 1. The Labute approximate surface area is 275 Å². The maximum atomic E-state index is 14.3. The molecule has 0 saturated carbocycles. The number of rotatable bonds is 11. The molecule has 1 aromatic heterocycles. The monoisotopic (exact) mass is 632 g/mol. The first kappa shape index (κ1) is 32.4. The molecular formula is C40H41FN2O4. The van der Waals surface area contributed by atoms with E-state index >= 15 is 0 Å². The van der Waals surface area contributed by atoms with E-state index in [-0.39, 0.29) is 23.7 Å². The highest BCUT2D eigenvalue weighted by molar-refractivity contribution is 6.12. The van der Waals surface area contributed by atoms with Crippen molar-refractivity contribution in [3.05, 3.63) is 138 Å². The van der Waals surface area contributed by atoms with Crippen LogP contribution in [0, 0.1) is 5.82 Å². The highest BCUT2D eigenvalue weighted by Crippen LogP contribution is 2.43. The smallest absolute Gasteiger partial charge is 0.258 e. The summed E-state index contributed by atoms with van der Waals surface area (Å²) in [5, 5.41) is 14.3. The molecule has 1 aliphatic rings. The number of aliphatic hydroxyl groups excluding tert-OH is 1. The maximum Gasteiger partial charge on any atom is 0.258 e. The lowest BCUT2D eigenvalue weighted by molar-refractivity contribution is -0.146. The van der Waals surface area contributed by atoms with Gasteiger partial charge in [0.15, 0.2) is 0 Å². The van der Waals surface area contributed by atoms with Crippen LogP contribution < -0.4 is 5.32 Å². The number of aliphatic hydroxyl groups is 1. The molecule has 0 radical (unpaired) electrons. The van der Waals surface area contributed by atoms with Crippen molar-refractivity contribution in [2.24, 2.45) is 0 Å². The Hall–Kier alpha value is -4.56. The van der Waals surface area contributed by atoms with Crippen LogP contribution >= 0.6 is 0 Å². The molecule has 4 aromatic carbocycles. The van der Waals surface area contributed by atoms with Crippen LogP contribution in [0.25, 0.3) is 22.4 Å². The molecule has 3 atom stereocenters. The largest absolute Gasteiger partial charge is 0.390 e. The minimum atomic E-state index is -0.702. The summed E-state index contributed by atoms with van der Waals surface area (Å²) in [5.41, 5.74) is 6.52. The van der Waals surface area contributed by atoms with Gasteiger partial charge < -0.3 is 24.5 Å². The number of halogens is 1. The Bertz CT molecular complexity index is 1760. The van der Waals surface area contributed by atoms with E-state index in [4.69, 9.17) is 9.47 Å². The summed E-state index contributed by atoms with van der Waals surface area (Å²) in [6, 6.07) is 35.7. The van der Waals surface area contributed by atoms with Gasteiger partial charge in [0, 0.05) is 29.9 Å². The van der Waals surface area contributed by atoms with Crippen molar-refractivity contribution in [3.63, 3.8) is 0 Å². The normalized spacial score (nSPS) is 17.9. The average Bonchev–Trinajstić information content (AvgIpc) is 3.44. The van der Waals surface area contributed by atoms with E-state index in [1.54, 1.807) is 12.1 Å². The molecule has 1 amide bonds. The topological polar surface area (TPSA) is 72.7 Å².